The average Bonchev–Trinajstić information content (AvgIpc) is 2.69. The summed E-state index contributed by atoms with van der Waals surface area (Å²) in [6.45, 7) is 10.6. The van der Waals surface area contributed by atoms with Crippen molar-refractivity contribution in [3.8, 4) is 0 Å². The van der Waals surface area contributed by atoms with Crippen molar-refractivity contribution in [2.24, 2.45) is 0 Å². The van der Waals surface area contributed by atoms with Crippen LogP contribution in [0.4, 0.5) is 4.79 Å². The number of amides is 1. The van der Waals surface area contributed by atoms with Gasteiger partial charge < -0.3 is 9.64 Å². The SMILES string of the molecule is CCOC(=O)N1CCN(Cc2sc(C)nc2C)CC1. The van der Waals surface area contributed by atoms with Crippen molar-refractivity contribution in [2.45, 2.75) is 27.3 Å². The number of rotatable bonds is 3. The molecule has 6 heteroatoms. The zero-order valence-corrected chi connectivity index (χ0v) is 12.6. The van der Waals surface area contributed by atoms with Crippen molar-refractivity contribution in [1.82, 2.24) is 14.8 Å². The monoisotopic (exact) mass is 283 g/mol. The zero-order chi connectivity index (χ0) is 13.8. The molecule has 1 amide bonds. The topological polar surface area (TPSA) is 45.7 Å². The molecule has 0 atom stereocenters. The van der Waals surface area contributed by atoms with E-state index < -0.39 is 0 Å². The summed E-state index contributed by atoms with van der Waals surface area (Å²) < 4.78 is 5.02. The van der Waals surface area contributed by atoms with Crippen LogP contribution in [-0.2, 0) is 11.3 Å². The molecule has 0 radical (unpaired) electrons. The highest BCUT2D eigenvalue weighted by Gasteiger charge is 2.22. The molecule has 2 rings (SSSR count). The van der Waals surface area contributed by atoms with Crippen LogP contribution in [0.1, 0.15) is 22.5 Å². The van der Waals surface area contributed by atoms with Crippen LogP contribution in [0.15, 0.2) is 0 Å². The van der Waals surface area contributed by atoms with E-state index in [-0.39, 0.29) is 6.09 Å². The van der Waals surface area contributed by atoms with E-state index in [1.807, 2.05) is 13.8 Å². The summed E-state index contributed by atoms with van der Waals surface area (Å²) in [5, 5.41) is 1.12. The summed E-state index contributed by atoms with van der Waals surface area (Å²) in [4.78, 5) is 21.5. The maximum atomic E-state index is 11.6. The quantitative estimate of drug-likeness (QED) is 0.851. The van der Waals surface area contributed by atoms with Gasteiger partial charge in [-0.1, -0.05) is 0 Å². The van der Waals surface area contributed by atoms with Gasteiger partial charge in [-0.2, -0.15) is 0 Å². The standard InChI is InChI=1S/C13H21N3O2S/c1-4-18-13(17)16-7-5-15(6-8-16)9-12-10(2)14-11(3)19-12/h4-9H2,1-3H3. The van der Waals surface area contributed by atoms with Crippen molar-refractivity contribution < 1.29 is 9.53 Å². The van der Waals surface area contributed by atoms with Gasteiger partial charge in [0.25, 0.3) is 0 Å². The highest BCUT2D eigenvalue weighted by Crippen LogP contribution is 2.19. The van der Waals surface area contributed by atoms with Crippen molar-refractivity contribution >= 4 is 17.4 Å². The van der Waals surface area contributed by atoms with Crippen LogP contribution < -0.4 is 0 Å². The summed E-state index contributed by atoms with van der Waals surface area (Å²) in [6, 6.07) is 0. The molecule has 5 nitrogen and oxygen atoms in total. The Hall–Kier alpha value is -1.14. The van der Waals surface area contributed by atoms with Crippen LogP contribution in [0.25, 0.3) is 0 Å². The lowest BCUT2D eigenvalue weighted by molar-refractivity contribution is 0.0780. The van der Waals surface area contributed by atoms with Gasteiger partial charge in [0, 0.05) is 37.6 Å². The van der Waals surface area contributed by atoms with E-state index in [0.717, 1.165) is 43.4 Å². The van der Waals surface area contributed by atoms with Gasteiger partial charge in [0.15, 0.2) is 0 Å². The molecule has 1 aliphatic heterocycles. The van der Waals surface area contributed by atoms with Crippen LogP contribution in [0, 0.1) is 13.8 Å². The maximum Gasteiger partial charge on any atom is 0.409 e. The van der Waals surface area contributed by atoms with Gasteiger partial charge in [0.05, 0.1) is 17.3 Å². The van der Waals surface area contributed by atoms with E-state index in [2.05, 4.69) is 16.8 Å². The molecule has 19 heavy (non-hydrogen) atoms. The molecule has 106 valence electrons. The zero-order valence-electron chi connectivity index (χ0n) is 11.8. The first-order valence-electron chi connectivity index (χ1n) is 6.67. The van der Waals surface area contributed by atoms with Crippen LogP contribution in [-0.4, -0.2) is 53.7 Å². The number of hydrogen-bond donors (Lipinski definition) is 0. The van der Waals surface area contributed by atoms with E-state index in [0.29, 0.717) is 6.61 Å². The van der Waals surface area contributed by atoms with Crippen molar-refractivity contribution in [3.63, 3.8) is 0 Å². The lowest BCUT2D eigenvalue weighted by Crippen LogP contribution is -2.48. The highest BCUT2D eigenvalue weighted by molar-refractivity contribution is 7.11. The average molecular weight is 283 g/mol. The first-order valence-corrected chi connectivity index (χ1v) is 7.48. The molecule has 1 saturated heterocycles. The van der Waals surface area contributed by atoms with Gasteiger partial charge in [-0.3, -0.25) is 4.90 Å². The minimum atomic E-state index is -0.188. The molecule has 0 aromatic carbocycles. The molecule has 0 unspecified atom stereocenters. The molecule has 0 bridgehead atoms. The van der Waals surface area contributed by atoms with Crippen LogP contribution in [0.5, 0.6) is 0 Å². The molecule has 1 fully saturated rings. The second kappa shape index (κ2) is 6.34. The van der Waals surface area contributed by atoms with Crippen molar-refractivity contribution in [3.05, 3.63) is 15.6 Å². The van der Waals surface area contributed by atoms with E-state index >= 15 is 0 Å². The Morgan fingerprint density at radius 1 is 1.32 bits per heavy atom. The van der Waals surface area contributed by atoms with E-state index in [1.165, 1.54) is 4.88 Å². The Bertz CT molecular complexity index is 439. The van der Waals surface area contributed by atoms with Crippen LogP contribution >= 0.6 is 11.3 Å². The number of ether oxygens (including phenoxy) is 1. The summed E-state index contributed by atoms with van der Waals surface area (Å²) in [6.07, 6.45) is -0.188. The molecule has 1 aliphatic rings. The van der Waals surface area contributed by atoms with Gasteiger partial charge in [-0.25, -0.2) is 9.78 Å². The number of aryl methyl sites for hydroxylation is 2. The molecule has 0 aliphatic carbocycles. The molecule has 2 heterocycles. The molecular formula is C13H21N3O2S. The highest BCUT2D eigenvalue weighted by atomic mass is 32.1. The minimum Gasteiger partial charge on any atom is -0.450 e. The first-order chi connectivity index (χ1) is 9.10. The lowest BCUT2D eigenvalue weighted by Gasteiger charge is -2.33. The van der Waals surface area contributed by atoms with E-state index in [4.69, 9.17) is 4.74 Å². The number of carbonyl (C=O) groups is 1. The molecule has 0 saturated carbocycles. The van der Waals surface area contributed by atoms with Crippen molar-refractivity contribution in [2.75, 3.05) is 32.8 Å². The fraction of sp³-hybridized carbons (Fsp3) is 0.692. The van der Waals surface area contributed by atoms with Gasteiger partial charge in [0.1, 0.15) is 0 Å². The third-order valence-electron chi connectivity index (χ3n) is 3.27. The number of nitrogens with zero attached hydrogens (tertiary/aromatic N) is 3. The minimum absolute atomic E-state index is 0.188. The third-order valence-corrected chi connectivity index (χ3v) is 4.32. The lowest BCUT2D eigenvalue weighted by atomic mass is 10.3. The predicted octanol–water partition coefficient (Wildman–Crippen LogP) is 2.03. The Morgan fingerprint density at radius 2 is 2.00 bits per heavy atom. The Kier molecular flexibility index (Phi) is 4.76. The predicted molar refractivity (Wildman–Crippen MR) is 75.5 cm³/mol. The molecule has 0 N–H and O–H groups in total. The second-order valence-corrected chi connectivity index (χ2v) is 5.99. The fourth-order valence-electron chi connectivity index (χ4n) is 2.23. The smallest absolute Gasteiger partial charge is 0.409 e. The number of hydrogen-bond acceptors (Lipinski definition) is 5. The third kappa shape index (κ3) is 3.67. The summed E-state index contributed by atoms with van der Waals surface area (Å²) >= 11 is 1.77. The largest absolute Gasteiger partial charge is 0.450 e. The maximum absolute atomic E-state index is 11.6. The normalized spacial score (nSPS) is 16.7. The summed E-state index contributed by atoms with van der Waals surface area (Å²) in [7, 11) is 0. The van der Waals surface area contributed by atoms with Gasteiger partial charge in [-0.15, -0.1) is 11.3 Å². The first kappa shape index (κ1) is 14.3. The van der Waals surface area contributed by atoms with E-state index in [1.54, 1.807) is 16.2 Å². The van der Waals surface area contributed by atoms with Crippen LogP contribution in [0.3, 0.4) is 0 Å². The number of piperazine rings is 1. The Labute approximate surface area is 118 Å². The van der Waals surface area contributed by atoms with E-state index in [9.17, 15) is 4.79 Å². The molecule has 0 spiro atoms. The number of thiazole rings is 1. The molecule has 1 aromatic heterocycles. The van der Waals surface area contributed by atoms with Crippen molar-refractivity contribution in [1.29, 1.82) is 0 Å². The summed E-state index contributed by atoms with van der Waals surface area (Å²) in [5.41, 5.74) is 1.13. The van der Waals surface area contributed by atoms with Gasteiger partial charge >= 0.3 is 6.09 Å². The Balaban J connectivity index is 1.83. The number of aromatic nitrogens is 1. The molecule has 1 aromatic rings. The summed E-state index contributed by atoms with van der Waals surface area (Å²) in [5.74, 6) is 0. The van der Waals surface area contributed by atoms with Gasteiger partial charge in [0.2, 0.25) is 0 Å². The number of carbonyl (C=O) groups excluding carboxylic acids is 1. The van der Waals surface area contributed by atoms with Gasteiger partial charge in [-0.05, 0) is 20.8 Å². The van der Waals surface area contributed by atoms with Crippen LogP contribution in [0.2, 0.25) is 0 Å². The fourth-order valence-corrected chi connectivity index (χ4v) is 3.21. The Morgan fingerprint density at radius 3 is 2.53 bits per heavy atom. The second-order valence-electron chi connectivity index (χ2n) is 4.70. The molecular weight excluding hydrogens is 262 g/mol.